The highest BCUT2D eigenvalue weighted by molar-refractivity contribution is 9.10. The van der Waals surface area contributed by atoms with Gasteiger partial charge in [-0.3, -0.25) is 0 Å². The number of imidazole rings is 1. The van der Waals surface area contributed by atoms with Crippen LogP contribution in [-0.4, -0.2) is 22.5 Å². The molecule has 0 aliphatic rings. The fourth-order valence-corrected chi connectivity index (χ4v) is 2.15. The minimum absolute atomic E-state index is 0.398. The Kier molecular flexibility index (Phi) is 3.16. The number of halogens is 1. The van der Waals surface area contributed by atoms with Crippen LogP contribution < -0.4 is 11.1 Å². The van der Waals surface area contributed by atoms with E-state index in [9.17, 15) is 0 Å². The predicted octanol–water partition coefficient (Wildman–Crippen LogP) is 1.83. The van der Waals surface area contributed by atoms with Crippen molar-refractivity contribution >= 4 is 27.1 Å². The van der Waals surface area contributed by atoms with Gasteiger partial charge in [0, 0.05) is 24.3 Å². The van der Waals surface area contributed by atoms with Gasteiger partial charge < -0.3 is 15.5 Å². The van der Waals surface area contributed by atoms with Gasteiger partial charge in [-0.15, -0.1) is 0 Å². The quantitative estimate of drug-likeness (QED) is 0.903. The summed E-state index contributed by atoms with van der Waals surface area (Å²) in [6.07, 6.45) is 2.84. The van der Waals surface area contributed by atoms with Crippen LogP contribution in [0.15, 0.2) is 22.9 Å². The first kappa shape index (κ1) is 11.4. The summed E-state index contributed by atoms with van der Waals surface area (Å²) >= 11 is 3.46. The lowest BCUT2D eigenvalue weighted by Gasteiger charge is -2.08. The zero-order valence-electron chi connectivity index (χ0n) is 9.37. The van der Waals surface area contributed by atoms with Crippen molar-refractivity contribution in [2.24, 2.45) is 0 Å². The van der Waals surface area contributed by atoms with Crippen LogP contribution in [0.2, 0.25) is 0 Å². The van der Waals surface area contributed by atoms with Crippen LogP contribution in [0.25, 0.3) is 5.52 Å². The predicted molar refractivity (Wildman–Crippen MR) is 69.5 cm³/mol. The topological polar surface area (TPSA) is 55.3 Å². The van der Waals surface area contributed by atoms with Crippen molar-refractivity contribution in [3.8, 4) is 0 Å². The molecule has 0 aromatic carbocycles. The largest absolute Gasteiger partial charge is 0.399 e. The van der Waals surface area contributed by atoms with Crippen molar-refractivity contribution in [2.75, 3.05) is 12.8 Å². The third-order valence-corrected chi connectivity index (χ3v) is 3.26. The molecule has 16 heavy (non-hydrogen) atoms. The smallest absolute Gasteiger partial charge is 0.132 e. The fourth-order valence-electron chi connectivity index (χ4n) is 1.64. The molecule has 0 bridgehead atoms. The number of likely N-dealkylation sites (N-methyl/N-ethyl adjacent to an activating group) is 1. The van der Waals surface area contributed by atoms with Gasteiger partial charge in [-0.1, -0.05) is 0 Å². The number of anilines is 1. The van der Waals surface area contributed by atoms with Gasteiger partial charge in [0.05, 0.1) is 5.52 Å². The number of fused-ring (bicyclic) bond motifs is 1. The van der Waals surface area contributed by atoms with Gasteiger partial charge in [0.25, 0.3) is 0 Å². The van der Waals surface area contributed by atoms with Gasteiger partial charge in [0.2, 0.25) is 0 Å². The number of nitrogens with zero attached hydrogens (tertiary/aromatic N) is 2. The average molecular weight is 283 g/mol. The van der Waals surface area contributed by atoms with Crippen LogP contribution in [-0.2, 0) is 6.42 Å². The highest BCUT2D eigenvalue weighted by Crippen LogP contribution is 2.21. The van der Waals surface area contributed by atoms with Crippen molar-refractivity contribution in [3.63, 3.8) is 0 Å². The maximum atomic E-state index is 5.76. The minimum atomic E-state index is 0.398. The van der Waals surface area contributed by atoms with Gasteiger partial charge in [0.15, 0.2) is 0 Å². The summed E-state index contributed by atoms with van der Waals surface area (Å²) in [6.45, 7) is 2.13. The second-order valence-electron chi connectivity index (χ2n) is 3.93. The molecule has 0 amide bonds. The lowest BCUT2D eigenvalue weighted by Crippen LogP contribution is -2.24. The highest BCUT2D eigenvalue weighted by Gasteiger charge is 2.11. The molecule has 0 radical (unpaired) electrons. The van der Waals surface area contributed by atoms with E-state index in [1.165, 1.54) is 0 Å². The second kappa shape index (κ2) is 4.43. The zero-order chi connectivity index (χ0) is 11.7. The van der Waals surface area contributed by atoms with Crippen LogP contribution in [0.4, 0.5) is 5.69 Å². The summed E-state index contributed by atoms with van der Waals surface area (Å²) in [7, 11) is 1.95. The van der Waals surface area contributed by atoms with Crippen molar-refractivity contribution in [2.45, 2.75) is 19.4 Å². The Morgan fingerprint density at radius 1 is 1.62 bits per heavy atom. The number of rotatable bonds is 3. The molecule has 2 aromatic heterocycles. The average Bonchev–Trinajstić information content (AvgIpc) is 2.55. The Morgan fingerprint density at radius 3 is 3.06 bits per heavy atom. The van der Waals surface area contributed by atoms with Gasteiger partial charge in [-0.2, -0.15) is 0 Å². The first-order valence-corrected chi connectivity index (χ1v) is 6.00. The lowest BCUT2D eigenvalue weighted by molar-refractivity contribution is 0.589. The molecule has 2 rings (SSSR count). The molecule has 1 unspecified atom stereocenters. The Labute approximate surface area is 103 Å². The number of pyridine rings is 1. The molecule has 0 saturated heterocycles. The van der Waals surface area contributed by atoms with Gasteiger partial charge in [-0.25, -0.2) is 4.98 Å². The van der Waals surface area contributed by atoms with E-state index in [0.717, 1.165) is 28.1 Å². The molecule has 0 saturated carbocycles. The molecule has 0 fully saturated rings. The number of hydrogen-bond donors (Lipinski definition) is 2. The summed E-state index contributed by atoms with van der Waals surface area (Å²) < 4.78 is 2.91. The van der Waals surface area contributed by atoms with Gasteiger partial charge in [-0.05, 0) is 42.0 Å². The number of nitrogens with one attached hydrogen (secondary N) is 1. The Bertz CT molecular complexity index is 506. The van der Waals surface area contributed by atoms with E-state index >= 15 is 0 Å². The molecule has 2 aromatic rings. The monoisotopic (exact) mass is 282 g/mol. The summed E-state index contributed by atoms with van der Waals surface area (Å²) in [5.41, 5.74) is 7.52. The molecule has 0 aliphatic carbocycles. The first-order valence-electron chi connectivity index (χ1n) is 5.21. The lowest BCUT2D eigenvalue weighted by atomic mass is 10.2. The zero-order valence-corrected chi connectivity index (χ0v) is 11.0. The number of aromatic nitrogens is 2. The van der Waals surface area contributed by atoms with E-state index in [0.29, 0.717) is 6.04 Å². The number of nitrogens with two attached hydrogens (primary N) is 1. The van der Waals surface area contributed by atoms with Crippen LogP contribution in [0.1, 0.15) is 12.7 Å². The normalized spacial score (nSPS) is 13.2. The molecule has 4 nitrogen and oxygen atoms in total. The molecule has 86 valence electrons. The summed E-state index contributed by atoms with van der Waals surface area (Å²) in [5, 5.41) is 3.21. The summed E-state index contributed by atoms with van der Waals surface area (Å²) in [6, 6.07) is 4.20. The molecule has 1 atom stereocenters. The SMILES string of the molecule is CNC(C)Cc1nc(Br)c2cc(N)ccn12. The molecule has 5 heteroatoms. The van der Waals surface area contributed by atoms with Crippen LogP contribution in [0.5, 0.6) is 0 Å². The standard InChI is InChI=1S/C11H15BrN4/c1-7(14-2)5-10-15-11(12)9-6-8(13)3-4-16(9)10/h3-4,6-7,14H,5,13H2,1-2H3. The third-order valence-electron chi connectivity index (χ3n) is 2.68. The second-order valence-corrected chi connectivity index (χ2v) is 4.68. The molecule has 0 spiro atoms. The Morgan fingerprint density at radius 2 is 2.38 bits per heavy atom. The summed E-state index contributed by atoms with van der Waals surface area (Å²) in [4.78, 5) is 4.50. The molecular formula is C11H15BrN4. The van der Waals surface area contributed by atoms with Crippen LogP contribution in [0.3, 0.4) is 0 Å². The summed E-state index contributed by atoms with van der Waals surface area (Å²) in [5.74, 6) is 1.03. The number of nitrogen functional groups attached to an aromatic ring is 1. The Hall–Kier alpha value is -1.07. The molecule has 0 aliphatic heterocycles. The van der Waals surface area contributed by atoms with Crippen molar-refractivity contribution in [1.82, 2.24) is 14.7 Å². The van der Waals surface area contributed by atoms with Crippen molar-refractivity contribution in [3.05, 3.63) is 28.8 Å². The minimum Gasteiger partial charge on any atom is -0.399 e. The van der Waals surface area contributed by atoms with Gasteiger partial charge in [0.1, 0.15) is 10.4 Å². The van der Waals surface area contributed by atoms with Crippen LogP contribution >= 0.6 is 15.9 Å². The Balaban J connectivity index is 2.47. The van der Waals surface area contributed by atoms with E-state index in [-0.39, 0.29) is 0 Å². The van der Waals surface area contributed by atoms with E-state index in [2.05, 4.69) is 37.6 Å². The highest BCUT2D eigenvalue weighted by atomic mass is 79.9. The van der Waals surface area contributed by atoms with E-state index < -0.39 is 0 Å². The molecule has 3 N–H and O–H groups in total. The van der Waals surface area contributed by atoms with E-state index in [4.69, 9.17) is 5.73 Å². The fraction of sp³-hybridized carbons (Fsp3) is 0.364. The third kappa shape index (κ3) is 2.05. The van der Waals surface area contributed by atoms with Crippen molar-refractivity contribution in [1.29, 1.82) is 0 Å². The van der Waals surface area contributed by atoms with Crippen LogP contribution in [0, 0.1) is 0 Å². The molecular weight excluding hydrogens is 268 g/mol. The maximum Gasteiger partial charge on any atom is 0.132 e. The first-order chi connectivity index (χ1) is 7.61. The number of hydrogen-bond acceptors (Lipinski definition) is 3. The van der Waals surface area contributed by atoms with E-state index in [1.54, 1.807) is 0 Å². The maximum absolute atomic E-state index is 5.76. The van der Waals surface area contributed by atoms with Gasteiger partial charge >= 0.3 is 0 Å². The molecule has 2 heterocycles. The van der Waals surface area contributed by atoms with Crippen molar-refractivity contribution < 1.29 is 0 Å². The van der Waals surface area contributed by atoms with E-state index in [1.807, 2.05) is 25.4 Å².